The van der Waals surface area contributed by atoms with E-state index in [1.807, 2.05) is 0 Å². The molecular weight excluding hydrogens is 418 g/mol. The zero-order valence-electron chi connectivity index (χ0n) is 16.2. The van der Waals surface area contributed by atoms with Crippen LogP contribution >= 0.6 is 12.4 Å². The number of nitrogens with zero attached hydrogens (tertiary/aromatic N) is 2. The second-order valence-electron chi connectivity index (χ2n) is 8.30. The van der Waals surface area contributed by atoms with Gasteiger partial charge < -0.3 is 25.6 Å². The number of pyridine rings is 1. The van der Waals surface area contributed by atoms with Crippen molar-refractivity contribution in [2.24, 2.45) is 5.92 Å². The molecule has 4 N–H and O–H groups in total. The zero-order chi connectivity index (χ0) is 20.4. The second kappa shape index (κ2) is 7.39. The van der Waals surface area contributed by atoms with E-state index in [9.17, 15) is 14.7 Å². The van der Waals surface area contributed by atoms with Crippen molar-refractivity contribution in [2.75, 3.05) is 30.3 Å². The van der Waals surface area contributed by atoms with Crippen molar-refractivity contribution in [1.29, 1.82) is 0 Å². The Morgan fingerprint density at radius 1 is 1.20 bits per heavy atom. The van der Waals surface area contributed by atoms with Crippen molar-refractivity contribution in [3.8, 4) is 0 Å². The fourth-order valence-corrected chi connectivity index (χ4v) is 4.85. The maximum atomic E-state index is 15.7. The number of fused-ring (bicyclic) bond motifs is 2. The Hall–Kier alpha value is -2.39. The number of benzene rings is 1. The van der Waals surface area contributed by atoms with Gasteiger partial charge in [0.25, 0.3) is 0 Å². The molecule has 5 rings (SSSR count). The first-order valence-corrected chi connectivity index (χ1v) is 9.95. The van der Waals surface area contributed by atoms with Gasteiger partial charge in [-0.05, 0) is 38.1 Å². The van der Waals surface area contributed by atoms with Crippen LogP contribution in [0.25, 0.3) is 10.9 Å². The Balaban J connectivity index is 0.00000218. The number of nitrogens with two attached hydrogens (primary N) is 1. The summed E-state index contributed by atoms with van der Waals surface area (Å²) in [6, 6.07) is 0.0470. The van der Waals surface area contributed by atoms with Crippen LogP contribution < -0.4 is 21.4 Å². The van der Waals surface area contributed by atoms with E-state index < -0.39 is 34.3 Å². The number of halogens is 3. The van der Waals surface area contributed by atoms with E-state index in [1.54, 1.807) is 4.90 Å². The molecule has 2 atom stereocenters. The van der Waals surface area contributed by atoms with Crippen LogP contribution in [-0.2, 0) is 0 Å². The third-order valence-corrected chi connectivity index (χ3v) is 6.45. The maximum Gasteiger partial charge on any atom is 0.341 e. The lowest BCUT2D eigenvalue weighted by Crippen LogP contribution is -2.40. The summed E-state index contributed by atoms with van der Waals surface area (Å²) in [7, 11) is 0. The second-order valence-corrected chi connectivity index (χ2v) is 8.30. The first-order chi connectivity index (χ1) is 13.9. The predicted molar refractivity (Wildman–Crippen MR) is 112 cm³/mol. The van der Waals surface area contributed by atoms with Crippen molar-refractivity contribution in [3.05, 3.63) is 33.6 Å². The normalized spacial score (nSPS) is 23.3. The molecule has 30 heavy (non-hydrogen) atoms. The molecule has 3 fully saturated rings. The average Bonchev–Trinajstić information content (AvgIpc) is 3.44. The van der Waals surface area contributed by atoms with Crippen molar-refractivity contribution in [3.63, 3.8) is 0 Å². The molecule has 0 amide bonds. The molecule has 1 saturated carbocycles. The largest absolute Gasteiger partial charge is 0.477 e. The highest BCUT2D eigenvalue weighted by molar-refractivity contribution is 5.99. The summed E-state index contributed by atoms with van der Waals surface area (Å²) < 4.78 is 32.5. The Kier molecular flexibility index (Phi) is 5.14. The van der Waals surface area contributed by atoms with E-state index in [2.05, 4.69) is 5.32 Å². The summed E-state index contributed by atoms with van der Waals surface area (Å²) in [5.41, 5.74) is 3.69. The number of carboxylic acid groups (broad SMARTS) is 1. The summed E-state index contributed by atoms with van der Waals surface area (Å²) in [4.78, 5) is 25.9. The minimum absolute atomic E-state index is 0. The highest BCUT2D eigenvalue weighted by Gasteiger charge is 2.39. The van der Waals surface area contributed by atoms with Crippen LogP contribution in [0.15, 0.2) is 11.0 Å². The number of aromatic nitrogens is 1. The summed E-state index contributed by atoms with van der Waals surface area (Å²) in [6.07, 6.45) is 4.66. The lowest BCUT2D eigenvalue weighted by molar-refractivity contribution is 0.0695. The van der Waals surface area contributed by atoms with Crippen LogP contribution in [0.1, 0.15) is 42.1 Å². The smallest absolute Gasteiger partial charge is 0.341 e. The predicted octanol–water partition coefficient (Wildman–Crippen LogP) is 2.51. The van der Waals surface area contributed by atoms with Gasteiger partial charge in [0.2, 0.25) is 5.43 Å². The number of piperidine rings is 1. The molecule has 0 radical (unpaired) electrons. The summed E-state index contributed by atoms with van der Waals surface area (Å²) in [6.45, 7) is 1.86. The molecule has 2 aliphatic heterocycles. The number of carboxylic acids is 1. The number of nitrogen functional groups attached to an aromatic ring is 1. The molecule has 0 spiro atoms. The molecule has 2 aromatic rings. The number of hydrogen-bond acceptors (Lipinski definition) is 5. The fraction of sp³-hybridized carbons (Fsp3) is 0.500. The lowest BCUT2D eigenvalue weighted by atomic mass is 9.94. The third kappa shape index (κ3) is 3.02. The Bertz CT molecular complexity index is 1090. The van der Waals surface area contributed by atoms with E-state index in [-0.39, 0.29) is 41.1 Å². The number of anilines is 2. The zero-order valence-corrected chi connectivity index (χ0v) is 17.0. The standard InChI is InChI=1S/C20H22F2N4O3.ClH/c21-14-16(23)13-17(26(10-3-4-10)7-11(19(13)27)20(28)29)15(22)18(14)25-6-9-2-1-5-24-12(9)8-25;/h7,9-10,12,24H,1-6,8,23H2,(H,28,29);1H/t9-,12+;/m0./s1. The minimum atomic E-state index is -1.44. The monoisotopic (exact) mass is 440 g/mol. The molecule has 2 saturated heterocycles. The van der Waals surface area contributed by atoms with E-state index in [0.29, 0.717) is 19.0 Å². The van der Waals surface area contributed by atoms with Gasteiger partial charge in [0.1, 0.15) is 11.3 Å². The molecule has 1 aliphatic carbocycles. The summed E-state index contributed by atoms with van der Waals surface area (Å²) >= 11 is 0. The quantitative estimate of drug-likeness (QED) is 0.634. The van der Waals surface area contributed by atoms with Crippen molar-refractivity contribution < 1.29 is 18.7 Å². The van der Waals surface area contributed by atoms with Crippen LogP contribution in [-0.4, -0.2) is 41.3 Å². The number of carbonyl (C=O) groups is 1. The van der Waals surface area contributed by atoms with Gasteiger partial charge in [0.15, 0.2) is 11.6 Å². The minimum Gasteiger partial charge on any atom is -0.477 e. The number of hydrogen-bond donors (Lipinski definition) is 3. The number of rotatable bonds is 3. The van der Waals surface area contributed by atoms with Crippen LogP contribution in [0.5, 0.6) is 0 Å². The number of nitrogens with one attached hydrogen (secondary N) is 1. The molecular formula is C20H23ClF2N4O3. The summed E-state index contributed by atoms with van der Waals surface area (Å²) in [5, 5.41) is 12.4. The van der Waals surface area contributed by atoms with Gasteiger partial charge in [-0.15, -0.1) is 12.4 Å². The van der Waals surface area contributed by atoms with Gasteiger partial charge in [0, 0.05) is 31.4 Å². The molecule has 1 aromatic heterocycles. The Morgan fingerprint density at radius 3 is 2.57 bits per heavy atom. The van der Waals surface area contributed by atoms with Gasteiger partial charge in [-0.25, -0.2) is 13.6 Å². The molecule has 0 unspecified atom stereocenters. The lowest BCUT2D eigenvalue weighted by Gasteiger charge is -2.24. The van der Waals surface area contributed by atoms with Gasteiger partial charge in [-0.2, -0.15) is 0 Å². The van der Waals surface area contributed by atoms with Gasteiger partial charge in [-0.3, -0.25) is 4.79 Å². The van der Waals surface area contributed by atoms with Crippen LogP contribution in [0, 0.1) is 17.6 Å². The summed E-state index contributed by atoms with van der Waals surface area (Å²) in [5.74, 6) is -2.97. The van der Waals surface area contributed by atoms with Crippen molar-refractivity contribution in [1.82, 2.24) is 9.88 Å². The molecule has 3 aliphatic rings. The Morgan fingerprint density at radius 2 is 1.93 bits per heavy atom. The van der Waals surface area contributed by atoms with Crippen molar-refractivity contribution >= 4 is 40.7 Å². The first kappa shape index (κ1) is 20.9. The van der Waals surface area contributed by atoms with Crippen LogP contribution in [0.4, 0.5) is 20.2 Å². The Labute approximate surface area is 177 Å². The highest BCUT2D eigenvalue weighted by atomic mass is 35.5. The van der Waals surface area contributed by atoms with Crippen LogP contribution in [0.3, 0.4) is 0 Å². The van der Waals surface area contributed by atoms with Crippen molar-refractivity contribution in [2.45, 2.75) is 37.8 Å². The third-order valence-electron chi connectivity index (χ3n) is 6.45. The maximum absolute atomic E-state index is 15.7. The van der Waals surface area contributed by atoms with E-state index >= 15 is 8.78 Å². The topological polar surface area (TPSA) is 101 Å². The van der Waals surface area contributed by atoms with Gasteiger partial charge in [0.05, 0.1) is 16.6 Å². The first-order valence-electron chi connectivity index (χ1n) is 9.95. The molecule has 162 valence electrons. The average molecular weight is 441 g/mol. The van der Waals surface area contributed by atoms with E-state index in [1.165, 1.54) is 10.8 Å². The molecule has 7 nitrogen and oxygen atoms in total. The van der Waals surface area contributed by atoms with E-state index in [4.69, 9.17) is 5.73 Å². The van der Waals surface area contributed by atoms with E-state index in [0.717, 1.165) is 32.2 Å². The molecule has 1 aromatic carbocycles. The van der Waals surface area contributed by atoms with Gasteiger partial charge >= 0.3 is 5.97 Å². The highest BCUT2D eigenvalue weighted by Crippen LogP contribution is 2.42. The molecule has 10 heteroatoms. The SMILES string of the molecule is Cl.Nc1c(F)c(N2C[C@@H]3CCCN[C@@H]3C2)c(F)c2c1c(=O)c(C(=O)O)cn2C1CC1. The van der Waals surface area contributed by atoms with Gasteiger partial charge in [-0.1, -0.05) is 0 Å². The fourth-order valence-electron chi connectivity index (χ4n) is 4.85. The molecule has 0 bridgehead atoms. The molecule has 3 heterocycles. The number of aromatic carboxylic acids is 1. The van der Waals surface area contributed by atoms with Crippen LogP contribution in [0.2, 0.25) is 0 Å².